The van der Waals surface area contributed by atoms with Crippen molar-refractivity contribution in [2.24, 2.45) is 0 Å². The predicted octanol–water partition coefficient (Wildman–Crippen LogP) is 3.96. The van der Waals surface area contributed by atoms with Crippen molar-refractivity contribution in [3.8, 4) is 11.5 Å². The number of likely N-dealkylation sites (tertiary alicyclic amines) is 1. The molecule has 1 atom stereocenters. The molecule has 192 valence electrons. The van der Waals surface area contributed by atoms with Crippen LogP contribution in [-0.4, -0.2) is 75.0 Å². The molecule has 3 aromatic rings. The molecule has 2 heterocycles. The number of halogens is 1. The molecular weight excluding hydrogens is 504 g/mol. The highest BCUT2D eigenvalue weighted by Gasteiger charge is 2.23. The molecule has 1 aliphatic heterocycles. The van der Waals surface area contributed by atoms with Crippen molar-refractivity contribution in [1.82, 2.24) is 19.2 Å². The second-order valence-electron chi connectivity index (χ2n) is 8.58. The average Bonchev–Trinajstić information content (AvgIpc) is 3.26. The van der Waals surface area contributed by atoms with Crippen LogP contribution in [0.1, 0.15) is 6.42 Å². The highest BCUT2D eigenvalue weighted by molar-refractivity contribution is 7.89. The van der Waals surface area contributed by atoms with E-state index in [1.807, 2.05) is 18.2 Å². The molecule has 1 fully saturated rings. The molecule has 4 rings (SSSR count). The van der Waals surface area contributed by atoms with Gasteiger partial charge in [0.05, 0.1) is 24.7 Å². The number of benzene rings is 2. The summed E-state index contributed by atoms with van der Waals surface area (Å²) < 4.78 is 38.3. The summed E-state index contributed by atoms with van der Waals surface area (Å²) in [4.78, 5) is 11.0. The molecule has 12 heteroatoms. The summed E-state index contributed by atoms with van der Waals surface area (Å²) in [7, 11) is 2.91. The third-order valence-corrected chi connectivity index (χ3v) is 7.86. The number of nitrogens with zero attached hydrogens (tertiary/aromatic N) is 4. The molecule has 0 bridgehead atoms. The Bertz CT molecular complexity index is 1340. The number of rotatable bonds is 9. The zero-order valence-corrected chi connectivity index (χ0v) is 22.1. The van der Waals surface area contributed by atoms with E-state index in [9.17, 15) is 8.42 Å². The van der Waals surface area contributed by atoms with E-state index in [0.29, 0.717) is 17.1 Å². The van der Waals surface area contributed by atoms with Gasteiger partial charge in [0, 0.05) is 33.3 Å². The molecule has 36 heavy (non-hydrogen) atoms. The number of anilines is 4. The van der Waals surface area contributed by atoms with Crippen molar-refractivity contribution in [3.63, 3.8) is 0 Å². The first-order chi connectivity index (χ1) is 17.2. The van der Waals surface area contributed by atoms with Gasteiger partial charge in [0.2, 0.25) is 16.0 Å². The van der Waals surface area contributed by atoms with E-state index >= 15 is 0 Å². The number of nitrogens with one attached hydrogen (secondary N) is 2. The smallest absolute Gasteiger partial charge is 0.244 e. The maximum absolute atomic E-state index is 12.7. The van der Waals surface area contributed by atoms with Crippen molar-refractivity contribution < 1.29 is 17.9 Å². The summed E-state index contributed by atoms with van der Waals surface area (Å²) in [6.07, 6.45) is 2.56. The highest BCUT2D eigenvalue weighted by atomic mass is 35.5. The fourth-order valence-electron chi connectivity index (χ4n) is 3.79. The van der Waals surface area contributed by atoms with Gasteiger partial charge in [-0.2, -0.15) is 4.98 Å². The lowest BCUT2D eigenvalue weighted by Crippen LogP contribution is -2.23. The van der Waals surface area contributed by atoms with Crippen molar-refractivity contribution in [2.45, 2.75) is 17.4 Å². The van der Waals surface area contributed by atoms with E-state index in [4.69, 9.17) is 21.1 Å². The molecule has 2 aromatic carbocycles. The van der Waals surface area contributed by atoms with Gasteiger partial charge in [-0.1, -0.05) is 23.7 Å². The first-order valence-corrected chi connectivity index (χ1v) is 13.1. The van der Waals surface area contributed by atoms with Crippen molar-refractivity contribution in [2.75, 3.05) is 52.0 Å². The van der Waals surface area contributed by atoms with Gasteiger partial charge in [-0.05, 0) is 37.7 Å². The van der Waals surface area contributed by atoms with E-state index in [2.05, 4.69) is 32.5 Å². The molecule has 1 aliphatic rings. The minimum atomic E-state index is -3.69. The number of hydrogen-bond donors (Lipinski definition) is 2. The number of aromatic nitrogens is 2. The van der Waals surface area contributed by atoms with Crippen LogP contribution in [0.4, 0.5) is 23.1 Å². The Balaban J connectivity index is 1.56. The number of methoxy groups -OCH3 is 1. The van der Waals surface area contributed by atoms with Crippen LogP contribution in [0, 0.1) is 0 Å². The SMILES string of the molecule is COc1cc(O[C@H]2CCN(C)C2)ccc1Nc1ncc(Cl)c(Nc2ccccc2S(=O)(=O)N(C)C)n1. The number of sulfonamides is 1. The Hall–Kier alpha value is -3.12. The molecule has 0 spiro atoms. The minimum Gasteiger partial charge on any atom is -0.494 e. The highest BCUT2D eigenvalue weighted by Crippen LogP contribution is 2.33. The first-order valence-electron chi connectivity index (χ1n) is 11.3. The number of hydrogen-bond acceptors (Lipinski definition) is 9. The fourth-order valence-corrected chi connectivity index (χ4v) is 4.97. The van der Waals surface area contributed by atoms with E-state index in [1.54, 1.807) is 25.3 Å². The molecule has 0 aliphatic carbocycles. The number of para-hydroxylation sites is 1. The van der Waals surface area contributed by atoms with Crippen LogP contribution in [-0.2, 0) is 10.0 Å². The maximum Gasteiger partial charge on any atom is 0.244 e. The standard InChI is InChI=1S/C24H29ClN6O4S/c1-30(2)36(32,33)22-8-6-5-7-20(22)27-23-18(25)14-26-24(29-23)28-19-10-9-16(13-21(19)34-4)35-17-11-12-31(3)15-17/h5-10,13-14,17H,11-12,15H2,1-4H3,(H2,26,27,28,29)/t17-/m0/s1. The van der Waals surface area contributed by atoms with Crippen LogP contribution < -0.4 is 20.1 Å². The quantitative estimate of drug-likeness (QED) is 0.423. The minimum absolute atomic E-state index is 0.102. The summed E-state index contributed by atoms with van der Waals surface area (Å²) >= 11 is 6.33. The largest absolute Gasteiger partial charge is 0.494 e. The van der Waals surface area contributed by atoms with Crippen LogP contribution in [0.15, 0.2) is 53.6 Å². The lowest BCUT2D eigenvalue weighted by molar-refractivity contribution is 0.207. The van der Waals surface area contributed by atoms with Gasteiger partial charge >= 0.3 is 0 Å². The van der Waals surface area contributed by atoms with E-state index in [0.717, 1.165) is 29.6 Å². The zero-order chi connectivity index (χ0) is 25.9. The second-order valence-corrected chi connectivity index (χ2v) is 11.1. The van der Waals surface area contributed by atoms with Gasteiger partial charge in [0.1, 0.15) is 27.5 Å². The van der Waals surface area contributed by atoms with E-state index < -0.39 is 10.0 Å². The molecule has 10 nitrogen and oxygen atoms in total. The summed E-state index contributed by atoms with van der Waals surface area (Å²) in [5, 5.41) is 6.39. The summed E-state index contributed by atoms with van der Waals surface area (Å²) in [5.74, 6) is 1.78. The first kappa shape index (κ1) is 26.0. The van der Waals surface area contributed by atoms with Gasteiger partial charge in [-0.15, -0.1) is 0 Å². The van der Waals surface area contributed by atoms with Crippen LogP contribution in [0.3, 0.4) is 0 Å². The fraction of sp³-hybridized carbons (Fsp3) is 0.333. The van der Waals surface area contributed by atoms with E-state index in [1.165, 1.54) is 26.4 Å². The topological polar surface area (TPSA) is 109 Å². The lowest BCUT2D eigenvalue weighted by Gasteiger charge is -2.17. The molecular formula is C24H29ClN6O4S. The van der Waals surface area contributed by atoms with Gasteiger partial charge in [-0.25, -0.2) is 17.7 Å². The second kappa shape index (κ2) is 10.9. The maximum atomic E-state index is 12.7. The molecule has 0 unspecified atom stereocenters. The van der Waals surface area contributed by atoms with Crippen molar-refractivity contribution in [3.05, 3.63) is 53.7 Å². The summed E-state index contributed by atoms with van der Waals surface area (Å²) in [5.41, 5.74) is 0.978. The third-order valence-electron chi connectivity index (χ3n) is 5.71. The summed E-state index contributed by atoms with van der Waals surface area (Å²) in [6, 6.07) is 12.1. The normalized spacial score (nSPS) is 16.2. The Morgan fingerprint density at radius 3 is 2.61 bits per heavy atom. The lowest BCUT2D eigenvalue weighted by atomic mass is 10.2. The molecule has 0 radical (unpaired) electrons. The van der Waals surface area contributed by atoms with Gasteiger partial charge in [0.25, 0.3) is 0 Å². The van der Waals surface area contributed by atoms with Crippen LogP contribution >= 0.6 is 11.6 Å². The van der Waals surface area contributed by atoms with Gasteiger partial charge < -0.3 is 25.0 Å². The van der Waals surface area contributed by atoms with Gasteiger partial charge in [0.15, 0.2) is 5.82 Å². The van der Waals surface area contributed by atoms with Crippen LogP contribution in [0.5, 0.6) is 11.5 Å². The summed E-state index contributed by atoms with van der Waals surface area (Å²) in [6.45, 7) is 1.90. The monoisotopic (exact) mass is 532 g/mol. The number of likely N-dealkylation sites (N-methyl/N-ethyl adjacent to an activating group) is 1. The predicted molar refractivity (Wildman–Crippen MR) is 140 cm³/mol. The molecule has 0 amide bonds. The Labute approximate surface area is 216 Å². The van der Waals surface area contributed by atoms with Crippen molar-refractivity contribution >= 4 is 44.8 Å². The van der Waals surface area contributed by atoms with E-state index in [-0.39, 0.29) is 27.8 Å². The molecule has 1 aromatic heterocycles. The Kier molecular flexibility index (Phi) is 7.84. The van der Waals surface area contributed by atoms with Crippen LogP contribution in [0.25, 0.3) is 0 Å². The van der Waals surface area contributed by atoms with Gasteiger partial charge in [-0.3, -0.25) is 0 Å². The molecule has 2 N–H and O–H groups in total. The van der Waals surface area contributed by atoms with Crippen molar-refractivity contribution in [1.29, 1.82) is 0 Å². The Morgan fingerprint density at radius 1 is 1.14 bits per heavy atom. The number of ether oxygens (including phenoxy) is 2. The molecule has 1 saturated heterocycles. The van der Waals surface area contributed by atoms with Crippen LogP contribution in [0.2, 0.25) is 5.02 Å². The zero-order valence-electron chi connectivity index (χ0n) is 20.5. The third kappa shape index (κ3) is 5.81. The average molecular weight is 533 g/mol. The Morgan fingerprint density at radius 2 is 1.92 bits per heavy atom. The molecule has 0 saturated carbocycles.